The highest BCUT2D eigenvalue weighted by Crippen LogP contribution is 2.35. The second-order valence-corrected chi connectivity index (χ2v) is 7.01. The molecule has 0 aliphatic heterocycles. The van der Waals surface area contributed by atoms with Gasteiger partial charge in [-0.15, -0.1) is 0 Å². The van der Waals surface area contributed by atoms with Gasteiger partial charge < -0.3 is 4.74 Å². The zero-order chi connectivity index (χ0) is 18.1. The van der Waals surface area contributed by atoms with E-state index >= 15 is 0 Å². The highest BCUT2D eigenvalue weighted by molar-refractivity contribution is 5.84. The summed E-state index contributed by atoms with van der Waals surface area (Å²) in [5.41, 5.74) is 7.18. The SMILES string of the molecule is CCC(CC)c1ccc(C)c2nc(Oc3ccc(C)cc3C)n(C)c12. The lowest BCUT2D eigenvalue weighted by Gasteiger charge is -2.16. The topological polar surface area (TPSA) is 27.1 Å². The Labute approximate surface area is 150 Å². The third-order valence-corrected chi connectivity index (χ3v) is 5.17. The molecule has 3 aromatic rings. The first-order chi connectivity index (χ1) is 12.0. The van der Waals surface area contributed by atoms with Crippen molar-refractivity contribution in [1.82, 2.24) is 9.55 Å². The first kappa shape index (κ1) is 17.5. The largest absolute Gasteiger partial charge is 0.425 e. The van der Waals surface area contributed by atoms with Crippen molar-refractivity contribution >= 4 is 11.0 Å². The number of rotatable bonds is 5. The first-order valence-electron chi connectivity index (χ1n) is 9.17. The molecule has 1 heterocycles. The summed E-state index contributed by atoms with van der Waals surface area (Å²) in [6, 6.07) is 11.3. The van der Waals surface area contributed by atoms with Gasteiger partial charge in [0.1, 0.15) is 5.75 Å². The van der Waals surface area contributed by atoms with Crippen molar-refractivity contribution in [2.24, 2.45) is 7.05 Å². The third kappa shape index (κ3) is 3.15. The summed E-state index contributed by atoms with van der Waals surface area (Å²) in [6.45, 7) is 10.8. The standard InChI is InChI=1S/C22H28N2O/c1-7-17(8-2)18-11-10-15(4)20-21(18)24(6)22(23-20)25-19-12-9-14(3)13-16(19)5/h9-13,17H,7-8H2,1-6H3. The van der Waals surface area contributed by atoms with Crippen molar-refractivity contribution < 1.29 is 4.74 Å². The predicted octanol–water partition coefficient (Wildman–Crippen LogP) is 6.19. The predicted molar refractivity (Wildman–Crippen MR) is 105 cm³/mol. The molecule has 0 bridgehead atoms. The van der Waals surface area contributed by atoms with Gasteiger partial charge in [0.05, 0.1) is 11.0 Å². The average molecular weight is 336 g/mol. The molecule has 3 heteroatoms. The van der Waals surface area contributed by atoms with Gasteiger partial charge >= 0.3 is 6.01 Å². The second-order valence-electron chi connectivity index (χ2n) is 7.01. The van der Waals surface area contributed by atoms with Crippen LogP contribution in [-0.2, 0) is 7.05 Å². The first-order valence-corrected chi connectivity index (χ1v) is 9.17. The molecular weight excluding hydrogens is 308 g/mol. The van der Waals surface area contributed by atoms with Gasteiger partial charge in [-0.2, -0.15) is 4.98 Å². The van der Waals surface area contributed by atoms with Crippen LogP contribution < -0.4 is 4.74 Å². The minimum Gasteiger partial charge on any atom is -0.425 e. The summed E-state index contributed by atoms with van der Waals surface area (Å²) in [6.07, 6.45) is 2.26. The van der Waals surface area contributed by atoms with E-state index in [1.54, 1.807) is 0 Å². The van der Waals surface area contributed by atoms with Gasteiger partial charge in [0.25, 0.3) is 0 Å². The molecule has 0 fully saturated rings. The van der Waals surface area contributed by atoms with Crippen LogP contribution in [0.25, 0.3) is 11.0 Å². The molecule has 0 spiro atoms. The molecule has 25 heavy (non-hydrogen) atoms. The molecule has 3 nitrogen and oxygen atoms in total. The summed E-state index contributed by atoms with van der Waals surface area (Å²) in [5.74, 6) is 1.42. The molecular formula is C22H28N2O. The maximum Gasteiger partial charge on any atom is 0.302 e. The summed E-state index contributed by atoms with van der Waals surface area (Å²) in [4.78, 5) is 4.82. The molecule has 0 aliphatic rings. The number of ether oxygens (including phenoxy) is 1. The van der Waals surface area contributed by atoms with Crippen LogP contribution in [0, 0.1) is 20.8 Å². The van der Waals surface area contributed by atoms with Gasteiger partial charge in [0.2, 0.25) is 0 Å². The quantitative estimate of drug-likeness (QED) is 0.555. The maximum atomic E-state index is 6.19. The number of nitrogens with zero attached hydrogens (tertiary/aromatic N) is 2. The molecule has 0 saturated heterocycles. The Morgan fingerprint density at radius 2 is 1.72 bits per heavy atom. The Morgan fingerprint density at radius 3 is 2.36 bits per heavy atom. The molecule has 3 rings (SSSR count). The van der Waals surface area contributed by atoms with E-state index in [1.807, 2.05) is 6.07 Å². The normalized spacial score (nSPS) is 11.5. The fourth-order valence-electron chi connectivity index (χ4n) is 3.62. The van der Waals surface area contributed by atoms with Crippen LogP contribution in [0.5, 0.6) is 11.8 Å². The summed E-state index contributed by atoms with van der Waals surface area (Å²) in [7, 11) is 2.06. The molecule has 0 amide bonds. The second kappa shape index (κ2) is 6.91. The molecule has 0 unspecified atom stereocenters. The maximum absolute atomic E-state index is 6.19. The van der Waals surface area contributed by atoms with Crippen LogP contribution in [0.4, 0.5) is 0 Å². The molecule has 132 valence electrons. The van der Waals surface area contributed by atoms with Gasteiger partial charge in [0.15, 0.2) is 0 Å². The van der Waals surface area contributed by atoms with E-state index in [0.717, 1.165) is 29.7 Å². The third-order valence-electron chi connectivity index (χ3n) is 5.17. The summed E-state index contributed by atoms with van der Waals surface area (Å²) >= 11 is 0. The van der Waals surface area contributed by atoms with E-state index in [-0.39, 0.29) is 0 Å². The fraction of sp³-hybridized carbons (Fsp3) is 0.409. The molecule has 0 aliphatic carbocycles. The highest BCUT2D eigenvalue weighted by atomic mass is 16.5. The summed E-state index contributed by atoms with van der Waals surface area (Å²) < 4.78 is 8.30. The van der Waals surface area contributed by atoms with Crippen LogP contribution in [0.1, 0.15) is 54.9 Å². The molecule has 1 aromatic heterocycles. The van der Waals surface area contributed by atoms with E-state index in [9.17, 15) is 0 Å². The van der Waals surface area contributed by atoms with Gasteiger partial charge in [-0.1, -0.05) is 43.7 Å². The van der Waals surface area contributed by atoms with Crippen LogP contribution >= 0.6 is 0 Å². The number of hydrogen-bond acceptors (Lipinski definition) is 2. The average Bonchev–Trinajstić information content (AvgIpc) is 2.91. The lowest BCUT2D eigenvalue weighted by atomic mass is 9.92. The number of aromatic nitrogens is 2. The van der Waals surface area contributed by atoms with Gasteiger partial charge in [0, 0.05) is 7.05 Å². The highest BCUT2D eigenvalue weighted by Gasteiger charge is 2.19. The zero-order valence-electron chi connectivity index (χ0n) is 16.2. The Kier molecular flexibility index (Phi) is 4.85. The van der Waals surface area contributed by atoms with E-state index in [2.05, 4.69) is 70.5 Å². The smallest absolute Gasteiger partial charge is 0.302 e. The van der Waals surface area contributed by atoms with Gasteiger partial charge in [-0.25, -0.2) is 0 Å². The Hall–Kier alpha value is -2.29. The van der Waals surface area contributed by atoms with Crippen molar-refractivity contribution in [1.29, 1.82) is 0 Å². The zero-order valence-corrected chi connectivity index (χ0v) is 16.2. The minimum absolute atomic E-state index is 0.549. The number of aryl methyl sites for hydroxylation is 4. The fourth-order valence-corrected chi connectivity index (χ4v) is 3.62. The van der Waals surface area contributed by atoms with Crippen molar-refractivity contribution in [2.75, 3.05) is 0 Å². The summed E-state index contributed by atoms with van der Waals surface area (Å²) in [5, 5.41) is 0. The van der Waals surface area contributed by atoms with Crippen LogP contribution in [0.15, 0.2) is 30.3 Å². The van der Waals surface area contributed by atoms with Crippen molar-refractivity contribution in [3.8, 4) is 11.8 Å². The van der Waals surface area contributed by atoms with Crippen LogP contribution in [-0.4, -0.2) is 9.55 Å². The number of benzene rings is 2. The van der Waals surface area contributed by atoms with E-state index in [1.165, 1.54) is 22.2 Å². The molecule has 0 radical (unpaired) electrons. The van der Waals surface area contributed by atoms with E-state index < -0.39 is 0 Å². The van der Waals surface area contributed by atoms with E-state index in [4.69, 9.17) is 9.72 Å². The number of fused-ring (bicyclic) bond motifs is 1. The van der Waals surface area contributed by atoms with Crippen molar-refractivity contribution in [2.45, 2.75) is 53.4 Å². The van der Waals surface area contributed by atoms with Gasteiger partial charge in [-0.05, 0) is 62.3 Å². The van der Waals surface area contributed by atoms with Crippen LogP contribution in [0.3, 0.4) is 0 Å². The minimum atomic E-state index is 0.549. The molecule has 2 aromatic carbocycles. The monoisotopic (exact) mass is 336 g/mol. The van der Waals surface area contributed by atoms with Gasteiger partial charge in [-0.3, -0.25) is 4.57 Å². The molecule has 0 atom stereocenters. The molecule has 0 N–H and O–H groups in total. The van der Waals surface area contributed by atoms with Crippen LogP contribution in [0.2, 0.25) is 0 Å². The van der Waals surface area contributed by atoms with E-state index in [0.29, 0.717) is 11.9 Å². The number of hydrogen-bond donors (Lipinski definition) is 0. The van der Waals surface area contributed by atoms with Crippen molar-refractivity contribution in [3.05, 3.63) is 52.6 Å². The molecule has 0 saturated carbocycles. The lowest BCUT2D eigenvalue weighted by Crippen LogP contribution is -2.01. The lowest BCUT2D eigenvalue weighted by molar-refractivity contribution is 0.424. The van der Waals surface area contributed by atoms with Crippen molar-refractivity contribution in [3.63, 3.8) is 0 Å². The Bertz CT molecular complexity index is 904. The Morgan fingerprint density at radius 1 is 1.00 bits per heavy atom. The Balaban J connectivity index is 2.13. The number of imidazole rings is 1.